The van der Waals surface area contributed by atoms with Crippen molar-refractivity contribution < 1.29 is 13.6 Å². The highest BCUT2D eigenvalue weighted by Crippen LogP contribution is 2.08. The highest BCUT2D eigenvalue weighted by Gasteiger charge is 2.06. The zero-order valence-electron chi connectivity index (χ0n) is 9.26. The maximum atomic E-state index is 12.8. The van der Waals surface area contributed by atoms with Crippen LogP contribution in [0.3, 0.4) is 0 Å². The summed E-state index contributed by atoms with van der Waals surface area (Å²) in [4.78, 5) is 12.8. The Morgan fingerprint density at radius 3 is 2.62 bits per heavy atom. The van der Waals surface area contributed by atoms with Crippen LogP contribution in [-0.2, 0) is 6.54 Å². The standard InChI is InChI=1S/C11H14F2N2O/c1-3-15(2)11(16)14-7-8-4-5-9(12)10(13)6-8/h4-6H,3,7H2,1-2H3,(H,14,16). The van der Waals surface area contributed by atoms with E-state index in [1.54, 1.807) is 7.05 Å². The lowest BCUT2D eigenvalue weighted by Crippen LogP contribution is -2.36. The third-order valence-electron chi connectivity index (χ3n) is 2.25. The molecule has 2 amide bonds. The van der Waals surface area contributed by atoms with Gasteiger partial charge in [0.05, 0.1) is 0 Å². The molecule has 1 aromatic rings. The minimum absolute atomic E-state index is 0.181. The van der Waals surface area contributed by atoms with Gasteiger partial charge in [-0.15, -0.1) is 0 Å². The minimum Gasteiger partial charge on any atom is -0.334 e. The highest BCUT2D eigenvalue weighted by molar-refractivity contribution is 5.73. The van der Waals surface area contributed by atoms with E-state index in [1.165, 1.54) is 11.0 Å². The second-order valence-electron chi connectivity index (χ2n) is 3.42. The molecule has 0 spiro atoms. The first-order valence-corrected chi connectivity index (χ1v) is 4.97. The Labute approximate surface area is 93.1 Å². The number of carbonyl (C=O) groups is 1. The highest BCUT2D eigenvalue weighted by atomic mass is 19.2. The molecule has 0 aliphatic carbocycles. The molecule has 0 aliphatic rings. The molecule has 0 bridgehead atoms. The lowest BCUT2D eigenvalue weighted by atomic mass is 10.2. The van der Waals surface area contributed by atoms with Crippen LogP contribution in [0.25, 0.3) is 0 Å². The number of rotatable bonds is 3. The van der Waals surface area contributed by atoms with Gasteiger partial charge in [-0.05, 0) is 24.6 Å². The number of hydrogen-bond donors (Lipinski definition) is 1. The van der Waals surface area contributed by atoms with Gasteiger partial charge in [-0.1, -0.05) is 6.07 Å². The van der Waals surface area contributed by atoms with Crippen molar-refractivity contribution in [1.29, 1.82) is 0 Å². The molecule has 3 nitrogen and oxygen atoms in total. The average Bonchev–Trinajstić information content (AvgIpc) is 2.29. The van der Waals surface area contributed by atoms with E-state index in [4.69, 9.17) is 0 Å². The summed E-state index contributed by atoms with van der Waals surface area (Å²) in [6.45, 7) is 2.61. The molecule has 16 heavy (non-hydrogen) atoms. The average molecular weight is 228 g/mol. The molecule has 0 saturated carbocycles. The lowest BCUT2D eigenvalue weighted by Gasteiger charge is -2.15. The molecule has 0 aromatic heterocycles. The normalized spacial score (nSPS) is 10.0. The SMILES string of the molecule is CCN(C)C(=O)NCc1ccc(F)c(F)c1. The summed E-state index contributed by atoms with van der Waals surface area (Å²) in [5.41, 5.74) is 0.525. The summed E-state index contributed by atoms with van der Waals surface area (Å²) in [5.74, 6) is -1.80. The Balaban J connectivity index is 2.55. The minimum atomic E-state index is -0.907. The fourth-order valence-electron chi connectivity index (χ4n) is 1.11. The summed E-state index contributed by atoms with van der Waals surface area (Å²) in [6, 6.07) is 3.30. The zero-order valence-corrected chi connectivity index (χ0v) is 9.26. The van der Waals surface area contributed by atoms with E-state index >= 15 is 0 Å². The van der Waals surface area contributed by atoms with Gasteiger partial charge in [0, 0.05) is 20.1 Å². The topological polar surface area (TPSA) is 32.3 Å². The van der Waals surface area contributed by atoms with Crippen LogP contribution in [-0.4, -0.2) is 24.5 Å². The molecule has 0 radical (unpaired) electrons. The molecular weight excluding hydrogens is 214 g/mol. The van der Waals surface area contributed by atoms with Crippen LogP contribution in [0.1, 0.15) is 12.5 Å². The molecule has 5 heteroatoms. The van der Waals surface area contributed by atoms with E-state index in [2.05, 4.69) is 5.32 Å². The number of carbonyl (C=O) groups excluding carboxylic acids is 1. The van der Waals surface area contributed by atoms with E-state index in [0.29, 0.717) is 12.1 Å². The Morgan fingerprint density at radius 2 is 2.06 bits per heavy atom. The first-order chi connectivity index (χ1) is 7.54. The quantitative estimate of drug-likeness (QED) is 0.844. The fourth-order valence-corrected chi connectivity index (χ4v) is 1.11. The molecule has 1 N–H and O–H groups in total. The van der Waals surface area contributed by atoms with E-state index in [-0.39, 0.29) is 12.6 Å². The Bertz CT molecular complexity index is 382. The zero-order chi connectivity index (χ0) is 12.1. The maximum absolute atomic E-state index is 12.8. The van der Waals surface area contributed by atoms with Gasteiger partial charge in [0.15, 0.2) is 11.6 Å². The van der Waals surface area contributed by atoms with Crippen LogP contribution in [0.2, 0.25) is 0 Å². The summed E-state index contributed by atoms with van der Waals surface area (Å²) in [5, 5.41) is 2.59. The van der Waals surface area contributed by atoms with Gasteiger partial charge in [-0.3, -0.25) is 0 Å². The number of benzene rings is 1. The Kier molecular flexibility index (Phi) is 4.22. The van der Waals surface area contributed by atoms with Gasteiger partial charge >= 0.3 is 6.03 Å². The van der Waals surface area contributed by atoms with E-state index in [0.717, 1.165) is 12.1 Å². The molecule has 0 saturated heterocycles. The molecule has 0 fully saturated rings. The van der Waals surface area contributed by atoms with Crippen LogP contribution in [0, 0.1) is 11.6 Å². The molecule has 1 aromatic carbocycles. The van der Waals surface area contributed by atoms with Gasteiger partial charge in [-0.25, -0.2) is 13.6 Å². The number of hydrogen-bond acceptors (Lipinski definition) is 1. The Morgan fingerprint density at radius 1 is 1.38 bits per heavy atom. The van der Waals surface area contributed by atoms with Crippen molar-refractivity contribution in [3.8, 4) is 0 Å². The number of urea groups is 1. The molecule has 0 atom stereocenters. The van der Waals surface area contributed by atoms with Gasteiger partial charge in [-0.2, -0.15) is 0 Å². The van der Waals surface area contributed by atoms with Gasteiger partial charge in [0.1, 0.15) is 0 Å². The van der Waals surface area contributed by atoms with Gasteiger partial charge in [0.25, 0.3) is 0 Å². The third kappa shape index (κ3) is 3.18. The summed E-state index contributed by atoms with van der Waals surface area (Å²) < 4.78 is 25.4. The molecule has 0 unspecified atom stereocenters. The van der Waals surface area contributed by atoms with E-state index in [9.17, 15) is 13.6 Å². The van der Waals surface area contributed by atoms with Crippen LogP contribution in [0.5, 0.6) is 0 Å². The maximum Gasteiger partial charge on any atom is 0.317 e. The molecule has 0 aliphatic heterocycles. The fraction of sp³-hybridized carbons (Fsp3) is 0.364. The largest absolute Gasteiger partial charge is 0.334 e. The van der Waals surface area contributed by atoms with Crippen molar-refractivity contribution in [2.24, 2.45) is 0 Å². The summed E-state index contributed by atoms with van der Waals surface area (Å²) in [6.07, 6.45) is 0. The molecule has 0 heterocycles. The predicted octanol–water partition coefficient (Wildman–Crippen LogP) is 2.13. The number of halogens is 2. The second kappa shape index (κ2) is 5.44. The molecule has 88 valence electrons. The van der Waals surface area contributed by atoms with Crippen LogP contribution in [0.15, 0.2) is 18.2 Å². The third-order valence-corrected chi connectivity index (χ3v) is 2.25. The second-order valence-corrected chi connectivity index (χ2v) is 3.42. The molecule has 1 rings (SSSR count). The Hall–Kier alpha value is -1.65. The van der Waals surface area contributed by atoms with Crippen LogP contribution < -0.4 is 5.32 Å². The monoisotopic (exact) mass is 228 g/mol. The van der Waals surface area contributed by atoms with Crippen molar-refractivity contribution in [2.75, 3.05) is 13.6 Å². The summed E-state index contributed by atoms with van der Waals surface area (Å²) >= 11 is 0. The van der Waals surface area contributed by atoms with Gasteiger partial charge < -0.3 is 10.2 Å². The van der Waals surface area contributed by atoms with Crippen LogP contribution in [0.4, 0.5) is 13.6 Å². The van der Waals surface area contributed by atoms with Crippen molar-refractivity contribution >= 4 is 6.03 Å². The smallest absolute Gasteiger partial charge is 0.317 e. The molecular formula is C11H14F2N2O. The first kappa shape index (κ1) is 12.4. The van der Waals surface area contributed by atoms with E-state index < -0.39 is 11.6 Å². The number of nitrogens with zero attached hydrogens (tertiary/aromatic N) is 1. The number of nitrogens with one attached hydrogen (secondary N) is 1. The van der Waals surface area contributed by atoms with Crippen LogP contribution >= 0.6 is 0 Å². The van der Waals surface area contributed by atoms with E-state index in [1.807, 2.05) is 6.92 Å². The lowest BCUT2D eigenvalue weighted by molar-refractivity contribution is 0.210. The van der Waals surface area contributed by atoms with Crippen molar-refractivity contribution in [3.63, 3.8) is 0 Å². The van der Waals surface area contributed by atoms with Gasteiger partial charge in [0.2, 0.25) is 0 Å². The first-order valence-electron chi connectivity index (χ1n) is 4.97. The summed E-state index contributed by atoms with van der Waals surface area (Å²) in [7, 11) is 1.65. The predicted molar refractivity (Wildman–Crippen MR) is 56.9 cm³/mol. The number of amides is 2. The van der Waals surface area contributed by atoms with Crippen molar-refractivity contribution in [3.05, 3.63) is 35.4 Å². The van der Waals surface area contributed by atoms with Crippen molar-refractivity contribution in [1.82, 2.24) is 10.2 Å². The van der Waals surface area contributed by atoms with Crippen molar-refractivity contribution in [2.45, 2.75) is 13.5 Å².